The fraction of sp³-hybridized carbons (Fsp3) is 0.100. The Hall–Kier alpha value is -2.83. The normalized spacial score (nSPS) is 12.5. The smallest absolute Gasteiger partial charge is 0.241 e. The number of pyridine rings is 1. The van der Waals surface area contributed by atoms with Crippen molar-refractivity contribution in [3.05, 3.63) is 95.8 Å². The molecule has 3 aromatic rings. The molecule has 0 fully saturated rings. The molecular formula is C20H18N2O3S. The van der Waals surface area contributed by atoms with Gasteiger partial charge in [-0.15, -0.1) is 0 Å². The van der Waals surface area contributed by atoms with Crippen LogP contribution >= 0.6 is 0 Å². The highest BCUT2D eigenvalue weighted by molar-refractivity contribution is 7.89. The molecule has 0 bridgehead atoms. The van der Waals surface area contributed by atoms with Gasteiger partial charge in [0.15, 0.2) is 5.78 Å². The molecule has 2 aromatic carbocycles. The number of benzene rings is 2. The number of ketones is 1. The monoisotopic (exact) mass is 366 g/mol. The Morgan fingerprint density at radius 1 is 0.962 bits per heavy atom. The van der Waals surface area contributed by atoms with Gasteiger partial charge in [0.2, 0.25) is 10.0 Å². The van der Waals surface area contributed by atoms with Crippen molar-refractivity contribution in [1.82, 2.24) is 9.71 Å². The summed E-state index contributed by atoms with van der Waals surface area (Å²) in [4.78, 5) is 15.9. The molecule has 0 amide bonds. The van der Waals surface area contributed by atoms with E-state index in [1.807, 2.05) is 36.4 Å². The fourth-order valence-corrected chi connectivity index (χ4v) is 3.84. The van der Waals surface area contributed by atoms with Crippen molar-refractivity contribution < 1.29 is 13.2 Å². The van der Waals surface area contributed by atoms with E-state index in [4.69, 9.17) is 0 Å². The zero-order chi connectivity index (χ0) is 18.6. The highest BCUT2D eigenvalue weighted by Crippen LogP contribution is 2.23. The molecule has 0 spiro atoms. The van der Waals surface area contributed by atoms with Gasteiger partial charge in [-0.05, 0) is 36.8 Å². The molecule has 0 aliphatic heterocycles. The van der Waals surface area contributed by atoms with Crippen LogP contribution in [0.1, 0.15) is 34.6 Å². The van der Waals surface area contributed by atoms with Gasteiger partial charge >= 0.3 is 0 Å². The average molecular weight is 366 g/mol. The lowest BCUT2D eigenvalue weighted by molar-refractivity contribution is 0.101. The molecule has 3 rings (SSSR count). The minimum Gasteiger partial charge on any atom is -0.295 e. The molecule has 132 valence electrons. The van der Waals surface area contributed by atoms with E-state index >= 15 is 0 Å². The lowest BCUT2D eigenvalue weighted by atomic mass is 10.0. The maximum absolute atomic E-state index is 12.9. The maximum Gasteiger partial charge on any atom is 0.241 e. The summed E-state index contributed by atoms with van der Waals surface area (Å²) in [6, 6.07) is 19.9. The first-order chi connectivity index (χ1) is 12.5. The number of nitrogens with zero attached hydrogens (tertiary/aromatic N) is 1. The molecule has 0 saturated carbocycles. The molecule has 0 aliphatic rings. The SMILES string of the molecule is CC(=O)c1cccc(S(=O)(=O)N[C@@H](c2ccccc2)c2ccccn2)c1. The predicted molar refractivity (Wildman–Crippen MR) is 99.3 cm³/mol. The van der Waals surface area contributed by atoms with Crippen LogP contribution in [0.4, 0.5) is 0 Å². The third kappa shape index (κ3) is 4.04. The van der Waals surface area contributed by atoms with Gasteiger partial charge in [-0.1, -0.05) is 48.5 Å². The van der Waals surface area contributed by atoms with Crippen molar-refractivity contribution in [3.8, 4) is 0 Å². The summed E-state index contributed by atoms with van der Waals surface area (Å²) in [6.45, 7) is 1.40. The molecule has 6 heteroatoms. The highest BCUT2D eigenvalue weighted by atomic mass is 32.2. The number of rotatable bonds is 6. The quantitative estimate of drug-likeness (QED) is 0.679. The Labute approximate surface area is 152 Å². The zero-order valence-electron chi connectivity index (χ0n) is 14.2. The number of Topliss-reactive ketones (excluding diaryl/α,β-unsaturated/α-hetero) is 1. The molecule has 1 heterocycles. The number of carbonyl (C=O) groups excluding carboxylic acids is 1. The Morgan fingerprint density at radius 2 is 1.69 bits per heavy atom. The minimum absolute atomic E-state index is 0.0436. The first-order valence-electron chi connectivity index (χ1n) is 8.06. The Morgan fingerprint density at radius 3 is 2.35 bits per heavy atom. The molecular weight excluding hydrogens is 348 g/mol. The molecule has 0 radical (unpaired) electrons. The van der Waals surface area contributed by atoms with Crippen LogP contribution in [0.5, 0.6) is 0 Å². The number of hydrogen-bond acceptors (Lipinski definition) is 4. The average Bonchev–Trinajstić information content (AvgIpc) is 2.67. The van der Waals surface area contributed by atoms with Crippen LogP contribution in [0.3, 0.4) is 0 Å². The van der Waals surface area contributed by atoms with E-state index in [1.165, 1.54) is 19.1 Å². The van der Waals surface area contributed by atoms with Crippen LogP contribution in [-0.2, 0) is 10.0 Å². The minimum atomic E-state index is -3.85. The van der Waals surface area contributed by atoms with Gasteiger partial charge in [0.1, 0.15) is 0 Å². The topological polar surface area (TPSA) is 76.1 Å². The lowest BCUT2D eigenvalue weighted by Gasteiger charge is -2.19. The Balaban J connectivity index is 2.01. The molecule has 1 aromatic heterocycles. The van der Waals surface area contributed by atoms with Gasteiger partial charge < -0.3 is 0 Å². The van der Waals surface area contributed by atoms with Crippen molar-refractivity contribution in [2.24, 2.45) is 0 Å². The summed E-state index contributed by atoms with van der Waals surface area (Å²) in [5.41, 5.74) is 1.71. The molecule has 0 saturated heterocycles. The van der Waals surface area contributed by atoms with Crippen LogP contribution in [-0.4, -0.2) is 19.2 Å². The number of sulfonamides is 1. The van der Waals surface area contributed by atoms with Crippen molar-refractivity contribution in [2.45, 2.75) is 17.9 Å². The third-order valence-corrected chi connectivity index (χ3v) is 5.36. The van der Waals surface area contributed by atoms with Crippen LogP contribution in [0.15, 0.2) is 83.9 Å². The van der Waals surface area contributed by atoms with E-state index in [-0.39, 0.29) is 10.7 Å². The van der Waals surface area contributed by atoms with E-state index < -0.39 is 16.1 Å². The standard InChI is InChI=1S/C20H18N2O3S/c1-15(23)17-10-7-11-18(14-17)26(24,25)22-20(16-8-3-2-4-9-16)19-12-5-6-13-21-19/h2-14,20,22H,1H3/t20-/m0/s1. The van der Waals surface area contributed by atoms with Crippen molar-refractivity contribution >= 4 is 15.8 Å². The summed E-state index contributed by atoms with van der Waals surface area (Å²) < 4.78 is 28.5. The van der Waals surface area contributed by atoms with E-state index in [0.717, 1.165) is 5.56 Å². The van der Waals surface area contributed by atoms with Gasteiger partial charge in [-0.2, -0.15) is 4.72 Å². The van der Waals surface area contributed by atoms with Crippen molar-refractivity contribution in [3.63, 3.8) is 0 Å². The molecule has 5 nitrogen and oxygen atoms in total. The second kappa shape index (κ2) is 7.59. The van der Waals surface area contributed by atoms with Crippen LogP contribution in [0, 0.1) is 0 Å². The Bertz CT molecular complexity index is 964. The molecule has 1 N–H and O–H groups in total. The second-order valence-corrected chi connectivity index (χ2v) is 7.52. The predicted octanol–water partition coefficient (Wildman–Crippen LogP) is 3.35. The largest absolute Gasteiger partial charge is 0.295 e. The third-order valence-electron chi connectivity index (χ3n) is 3.94. The molecule has 26 heavy (non-hydrogen) atoms. The highest BCUT2D eigenvalue weighted by Gasteiger charge is 2.24. The summed E-state index contributed by atoms with van der Waals surface area (Å²) in [5, 5.41) is 0. The molecule has 0 unspecified atom stereocenters. The van der Waals surface area contributed by atoms with Gasteiger partial charge in [0, 0.05) is 11.8 Å². The first kappa shape index (κ1) is 18.0. The molecule has 0 aliphatic carbocycles. The summed E-state index contributed by atoms with van der Waals surface area (Å²) in [7, 11) is -3.85. The van der Waals surface area contributed by atoms with Gasteiger partial charge in [-0.3, -0.25) is 9.78 Å². The van der Waals surface area contributed by atoms with E-state index in [1.54, 1.807) is 30.5 Å². The summed E-state index contributed by atoms with van der Waals surface area (Å²) >= 11 is 0. The number of carbonyl (C=O) groups is 1. The summed E-state index contributed by atoms with van der Waals surface area (Å²) in [6.07, 6.45) is 1.62. The van der Waals surface area contributed by atoms with Gasteiger partial charge in [0.05, 0.1) is 16.6 Å². The van der Waals surface area contributed by atoms with E-state index in [0.29, 0.717) is 11.3 Å². The van der Waals surface area contributed by atoms with E-state index in [9.17, 15) is 13.2 Å². The first-order valence-corrected chi connectivity index (χ1v) is 9.55. The van der Waals surface area contributed by atoms with Gasteiger partial charge in [0.25, 0.3) is 0 Å². The Kier molecular flexibility index (Phi) is 5.25. The van der Waals surface area contributed by atoms with Crippen molar-refractivity contribution in [1.29, 1.82) is 0 Å². The number of nitrogens with one attached hydrogen (secondary N) is 1. The maximum atomic E-state index is 12.9. The number of hydrogen-bond donors (Lipinski definition) is 1. The zero-order valence-corrected chi connectivity index (χ0v) is 15.0. The van der Waals surface area contributed by atoms with Crippen molar-refractivity contribution in [2.75, 3.05) is 0 Å². The van der Waals surface area contributed by atoms with E-state index in [2.05, 4.69) is 9.71 Å². The molecule has 1 atom stereocenters. The summed E-state index contributed by atoms with van der Waals surface area (Å²) in [5.74, 6) is -0.189. The van der Waals surface area contributed by atoms with Crippen LogP contribution in [0.2, 0.25) is 0 Å². The van der Waals surface area contributed by atoms with Crippen LogP contribution < -0.4 is 4.72 Å². The van der Waals surface area contributed by atoms with Crippen LogP contribution in [0.25, 0.3) is 0 Å². The lowest BCUT2D eigenvalue weighted by Crippen LogP contribution is -2.30. The number of aromatic nitrogens is 1. The van der Waals surface area contributed by atoms with Gasteiger partial charge in [-0.25, -0.2) is 8.42 Å². The second-order valence-electron chi connectivity index (χ2n) is 5.80. The fourth-order valence-electron chi connectivity index (χ4n) is 2.60.